The first-order valence-corrected chi connectivity index (χ1v) is 14.9. The number of esters is 1. The van der Waals surface area contributed by atoms with Crippen LogP contribution in [0.15, 0.2) is 48.6 Å². The fraction of sp³-hybridized carbons (Fsp3) is 0.552. The number of likely N-dealkylation sites (tertiary alicyclic amines) is 1. The van der Waals surface area contributed by atoms with Crippen LogP contribution in [0.4, 0.5) is 0 Å². The third-order valence-corrected chi connectivity index (χ3v) is 10.6. The van der Waals surface area contributed by atoms with Crippen molar-refractivity contribution in [1.29, 1.82) is 0 Å². The molecule has 1 unspecified atom stereocenters. The van der Waals surface area contributed by atoms with E-state index >= 15 is 0 Å². The summed E-state index contributed by atoms with van der Waals surface area (Å²) >= 11 is 1.52. The van der Waals surface area contributed by atoms with Gasteiger partial charge in [-0.25, -0.2) is 4.68 Å². The molecule has 4 aliphatic heterocycles. The molecule has 11 heteroatoms. The molecule has 212 valence electrons. The van der Waals surface area contributed by atoms with Crippen LogP contribution in [0.3, 0.4) is 0 Å². The summed E-state index contributed by atoms with van der Waals surface area (Å²) in [4.78, 5) is 45.8. The maximum Gasteiger partial charge on any atom is 0.311 e. The SMILES string of the molecule is CC[C@@H](CO)N1C(=O)[C@@H]2[C@H]3C(=O)OCCCC/C=C\[C@@]3(C)S[C@@]23C=CCN(Cn2nnc4ccccc42)C(=O)C13. The third kappa shape index (κ3) is 4.08. The van der Waals surface area contributed by atoms with Crippen molar-refractivity contribution < 1.29 is 24.2 Å². The highest BCUT2D eigenvalue weighted by molar-refractivity contribution is 8.02. The van der Waals surface area contributed by atoms with Gasteiger partial charge in [0.1, 0.15) is 18.2 Å². The normalized spacial score (nSPS) is 33.8. The van der Waals surface area contributed by atoms with Crippen LogP contribution in [-0.4, -0.2) is 89.0 Å². The zero-order chi connectivity index (χ0) is 28.1. The number of hydrogen-bond donors (Lipinski definition) is 1. The van der Waals surface area contributed by atoms with Gasteiger partial charge in [0.2, 0.25) is 11.8 Å². The Morgan fingerprint density at radius 1 is 1.12 bits per heavy atom. The maximum atomic E-state index is 14.6. The zero-order valence-corrected chi connectivity index (χ0v) is 23.6. The number of nitrogens with zero attached hydrogens (tertiary/aromatic N) is 5. The number of benzene rings is 1. The molecule has 2 saturated heterocycles. The Labute approximate surface area is 237 Å². The van der Waals surface area contributed by atoms with E-state index in [0.29, 0.717) is 19.6 Å². The van der Waals surface area contributed by atoms with Crippen LogP contribution in [0.1, 0.15) is 39.5 Å². The van der Waals surface area contributed by atoms with Crippen LogP contribution in [0.25, 0.3) is 11.0 Å². The second kappa shape index (κ2) is 10.3. The Morgan fingerprint density at radius 2 is 1.95 bits per heavy atom. The van der Waals surface area contributed by atoms with Crippen LogP contribution in [0.5, 0.6) is 0 Å². The number of aliphatic hydroxyl groups excluding tert-OH is 1. The molecule has 1 aromatic carbocycles. The number of aromatic nitrogens is 3. The molecule has 0 bridgehead atoms. The van der Waals surface area contributed by atoms with Crippen molar-refractivity contribution in [1.82, 2.24) is 24.8 Å². The number of amides is 2. The molecule has 0 aliphatic carbocycles. The number of allylic oxidation sites excluding steroid dienone is 1. The standard InChI is InChI=1S/C29H35N5O5S/c1-3-19(17-35)34-24-26(37)32(18-33-21-12-7-6-11-20(21)30-31-33)15-10-14-29(24)22(25(34)36)23-27(38)39-16-9-5-4-8-13-28(23,2)40-29/h6-8,10-14,19,22-24,35H,3-5,9,15-18H2,1-2H3/b13-8-/t19-,22-,23-,24?,28+,29-/m0/s1. The molecule has 6 rings (SSSR count). The minimum absolute atomic E-state index is 0.159. The summed E-state index contributed by atoms with van der Waals surface area (Å²) in [6.45, 7) is 4.39. The minimum atomic E-state index is -0.993. The molecule has 4 aliphatic rings. The van der Waals surface area contributed by atoms with Gasteiger partial charge in [0, 0.05) is 11.3 Å². The second-order valence-corrected chi connectivity index (χ2v) is 13.0. The van der Waals surface area contributed by atoms with Crippen molar-refractivity contribution in [2.45, 2.75) is 67.8 Å². The predicted octanol–water partition coefficient (Wildman–Crippen LogP) is 2.53. The summed E-state index contributed by atoms with van der Waals surface area (Å²) in [5.41, 5.74) is 1.53. The van der Waals surface area contributed by atoms with E-state index in [2.05, 4.69) is 16.4 Å². The lowest BCUT2D eigenvalue weighted by Crippen LogP contribution is -2.56. The van der Waals surface area contributed by atoms with Gasteiger partial charge in [0.25, 0.3) is 0 Å². The molecule has 40 heavy (non-hydrogen) atoms. The van der Waals surface area contributed by atoms with Gasteiger partial charge in [-0.3, -0.25) is 14.4 Å². The van der Waals surface area contributed by atoms with E-state index in [1.165, 1.54) is 11.8 Å². The molecule has 2 aromatic rings. The number of aliphatic hydroxyl groups is 1. The van der Waals surface area contributed by atoms with Crippen molar-refractivity contribution in [3.05, 3.63) is 48.6 Å². The Kier molecular flexibility index (Phi) is 6.98. The van der Waals surface area contributed by atoms with Gasteiger partial charge in [-0.2, -0.15) is 0 Å². The number of fused-ring (bicyclic) bond motifs is 3. The van der Waals surface area contributed by atoms with E-state index in [4.69, 9.17) is 4.74 Å². The summed E-state index contributed by atoms with van der Waals surface area (Å²) < 4.78 is 5.68. The summed E-state index contributed by atoms with van der Waals surface area (Å²) in [6, 6.07) is 6.11. The van der Waals surface area contributed by atoms with Crippen LogP contribution in [-0.2, 0) is 25.8 Å². The van der Waals surface area contributed by atoms with Crippen molar-refractivity contribution in [3.8, 4) is 0 Å². The first kappa shape index (κ1) is 27.0. The van der Waals surface area contributed by atoms with Gasteiger partial charge < -0.3 is 19.6 Å². The third-order valence-electron chi connectivity index (χ3n) is 8.82. The molecule has 2 fully saturated rings. The number of cyclic esters (lactones) is 1. The maximum absolute atomic E-state index is 14.6. The molecular formula is C29H35N5O5S. The lowest BCUT2D eigenvalue weighted by molar-refractivity contribution is -0.155. The van der Waals surface area contributed by atoms with Crippen LogP contribution in [0, 0.1) is 11.8 Å². The molecule has 1 N–H and O–H groups in total. The van der Waals surface area contributed by atoms with Gasteiger partial charge in [-0.1, -0.05) is 48.6 Å². The Balaban J connectivity index is 1.45. The van der Waals surface area contributed by atoms with Crippen molar-refractivity contribution >= 4 is 40.6 Å². The molecule has 2 amide bonds. The summed E-state index contributed by atoms with van der Waals surface area (Å²) in [5.74, 6) is -2.46. The lowest BCUT2D eigenvalue weighted by atomic mass is 9.74. The molecule has 0 saturated carbocycles. The van der Waals surface area contributed by atoms with E-state index in [9.17, 15) is 19.5 Å². The zero-order valence-electron chi connectivity index (χ0n) is 22.8. The molecule has 5 heterocycles. The highest BCUT2D eigenvalue weighted by atomic mass is 32.2. The van der Waals surface area contributed by atoms with E-state index in [-0.39, 0.29) is 25.1 Å². The number of para-hydroxylation sites is 1. The first-order chi connectivity index (χ1) is 19.3. The highest BCUT2D eigenvalue weighted by Gasteiger charge is 2.74. The van der Waals surface area contributed by atoms with Crippen LogP contribution < -0.4 is 0 Å². The van der Waals surface area contributed by atoms with E-state index < -0.39 is 39.4 Å². The molecule has 1 spiro atoms. The van der Waals surface area contributed by atoms with Crippen LogP contribution in [0.2, 0.25) is 0 Å². The highest BCUT2D eigenvalue weighted by Crippen LogP contribution is 2.65. The summed E-state index contributed by atoms with van der Waals surface area (Å²) in [6.07, 6.45) is 11.1. The number of carbonyl (C=O) groups excluding carboxylic acids is 3. The molecule has 1 aromatic heterocycles. The molecular weight excluding hydrogens is 530 g/mol. The van der Waals surface area contributed by atoms with Gasteiger partial charge >= 0.3 is 5.97 Å². The number of ether oxygens (including phenoxy) is 1. The topological polar surface area (TPSA) is 118 Å². The van der Waals surface area contributed by atoms with Crippen molar-refractivity contribution in [2.75, 3.05) is 19.8 Å². The van der Waals surface area contributed by atoms with Gasteiger partial charge in [0.15, 0.2) is 0 Å². The van der Waals surface area contributed by atoms with Gasteiger partial charge in [-0.05, 0) is 44.7 Å². The largest absolute Gasteiger partial charge is 0.465 e. The monoisotopic (exact) mass is 565 g/mol. The number of thioether (sulfide) groups is 1. The molecule has 6 atom stereocenters. The number of hydrogen-bond acceptors (Lipinski definition) is 8. The molecule has 0 radical (unpaired) electrons. The smallest absolute Gasteiger partial charge is 0.311 e. The molecule has 10 nitrogen and oxygen atoms in total. The van der Waals surface area contributed by atoms with Gasteiger partial charge in [-0.15, -0.1) is 16.9 Å². The Morgan fingerprint density at radius 3 is 2.75 bits per heavy atom. The fourth-order valence-corrected chi connectivity index (χ4v) is 9.04. The fourth-order valence-electron chi connectivity index (χ4n) is 6.90. The predicted molar refractivity (Wildman–Crippen MR) is 150 cm³/mol. The van der Waals surface area contributed by atoms with Crippen molar-refractivity contribution in [2.24, 2.45) is 11.8 Å². The van der Waals surface area contributed by atoms with E-state index in [1.807, 2.05) is 56.3 Å². The average Bonchev–Trinajstić information content (AvgIpc) is 3.51. The van der Waals surface area contributed by atoms with E-state index in [1.54, 1.807) is 14.5 Å². The second-order valence-electron chi connectivity index (χ2n) is 11.2. The van der Waals surface area contributed by atoms with Crippen LogP contribution >= 0.6 is 11.8 Å². The Bertz CT molecular complexity index is 1390. The number of carbonyl (C=O) groups is 3. The minimum Gasteiger partial charge on any atom is -0.465 e. The quantitative estimate of drug-likeness (QED) is 0.434. The average molecular weight is 566 g/mol. The summed E-state index contributed by atoms with van der Waals surface area (Å²) in [7, 11) is 0. The van der Waals surface area contributed by atoms with Gasteiger partial charge in [0.05, 0.1) is 41.4 Å². The summed E-state index contributed by atoms with van der Waals surface area (Å²) in [5, 5.41) is 18.8. The number of rotatable bonds is 5. The lowest BCUT2D eigenvalue weighted by Gasteiger charge is -2.39. The van der Waals surface area contributed by atoms with E-state index in [0.717, 1.165) is 30.3 Å². The van der Waals surface area contributed by atoms with Crippen molar-refractivity contribution in [3.63, 3.8) is 0 Å². The Hall–Kier alpha value is -3.18. The first-order valence-electron chi connectivity index (χ1n) is 14.1.